The summed E-state index contributed by atoms with van der Waals surface area (Å²) in [6.07, 6.45) is 1.81. The summed E-state index contributed by atoms with van der Waals surface area (Å²) in [5.41, 5.74) is 3.50. The SMILES string of the molecule is Cc1ncsc1C(=O)Nc1ccc(N2CCNCC2)cn1. The molecule has 3 rings (SSSR count). The first-order chi connectivity index (χ1) is 10.2. The molecule has 2 N–H and O–H groups in total. The number of carbonyl (C=O) groups is 1. The molecule has 6 nitrogen and oxygen atoms in total. The van der Waals surface area contributed by atoms with Gasteiger partial charge in [-0.15, -0.1) is 11.3 Å². The number of piperazine rings is 1. The average Bonchev–Trinajstić information content (AvgIpc) is 2.95. The van der Waals surface area contributed by atoms with Gasteiger partial charge < -0.3 is 15.5 Å². The highest BCUT2D eigenvalue weighted by atomic mass is 32.1. The number of amides is 1. The predicted molar refractivity (Wildman–Crippen MR) is 84.1 cm³/mol. The van der Waals surface area contributed by atoms with Gasteiger partial charge in [0.25, 0.3) is 5.91 Å². The average molecular weight is 303 g/mol. The number of pyridine rings is 1. The van der Waals surface area contributed by atoms with E-state index in [0.29, 0.717) is 10.7 Å². The highest BCUT2D eigenvalue weighted by Gasteiger charge is 2.13. The molecule has 110 valence electrons. The van der Waals surface area contributed by atoms with Crippen LogP contribution in [0.3, 0.4) is 0 Å². The van der Waals surface area contributed by atoms with Crippen LogP contribution in [0, 0.1) is 6.92 Å². The molecule has 21 heavy (non-hydrogen) atoms. The van der Waals surface area contributed by atoms with Crippen molar-refractivity contribution < 1.29 is 4.79 Å². The molecule has 0 unspecified atom stereocenters. The molecule has 7 heteroatoms. The Labute approximate surface area is 127 Å². The molecule has 1 saturated heterocycles. The van der Waals surface area contributed by atoms with Gasteiger partial charge in [-0.2, -0.15) is 0 Å². The van der Waals surface area contributed by atoms with Gasteiger partial charge >= 0.3 is 0 Å². The first-order valence-electron chi connectivity index (χ1n) is 6.87. The van der Waals surface area contributed by atoms with Crippen molar-refractivity contribution in [1.29, 1.82) is 0 Å². The second-order valence-corrected chi connectivity index (χ2v) is 5.71. The third-order valence-electron chi connectivity index (χ3n) is 3.42. The van der Waals surface area contributed by atoms with Crippen molar-refractivity contribution in [2.45, 2.75) is 6.92 Å². The molecular weight excluding hydrogens is 286 g/mol. The zero-order chi connectivity index (χ0) is 14.7. The molecule has 1 fully saturated rings. The van der Waals surface area contributed by atoms with Crippen LogP contribution in [0.5, 0.6) is 0 Å². The van der Waals surface area contributed by atoms with Crippen molar-refractivity contribution in [1.82, 2.24) is 15.3 Å². The van der Waals surface area contributed by atoms with Gasteiger partial charge in [0, 0.05) is 26.2 Å². The molecule has 0 aliphatic carbocycles. The van der Waals surface area contributed by atoms with Crippen molar-refractivity contribution in [3.63, 3.8) is 0 Å². The monoisotopic (exact) mass is 303 g/mol. The zero-order valence-electron chi connectivity index (χ0n) is 11.8. The molecule has 2 aromatic heterocycles. The number of carbonyl (C=O) groups excluding carboxylic acids is 1. The second-order valence-electron chi connectivity index (χ2n) is 4.86. The molecule has 1 amide bonds. The highest BCUT2D eigenvalue weighted by Crippen LogP contribution is 2.18. The van der Waals surface area contributed by atoms with E-state index in [1.807, 2.05) is 19.1 Å². The lowest BCUT2D eigenvalue weighted by Crippen LogP contribution is -2.43. The Morgan fingerprint density at radius 3 is 2.76 bits per heavy atom. The van der Waals surface area contributed by atoms with Gasteiger partial charge in [-0.25, -0.2) is 9.97 Å². The lowest BCUT2D eigenvalue weighted by Gasteiger charge is -2.29. The van der Waals surface area contributed by atoms with E-state index in [0.717, 1.165) is 37.6 Å². The Morgan fingerprint density at radius 1 is 1.33 bits per heavy atom. The molecule has 0 aromatic carbocycles. The lowest BCUT2D eigenvalue weighted by atomic mass is 10.3. The maximum Gasteiger partial charge on any atom is 0.268 e. The number of hydrogen-bond acceptors (Lipinski definition) is 6. The van der Waals surface area contributed by atoms with Crippen LogP contribution in [0.1, 0.15) is 15.4 Å². The van der Waals surface area contributed by atoms with Crippen LogP contribution in [0.15, 0.2) is 23.8 Å². The summed E-state index contributed by atoms with van der Waals surface area (Å²) in [5, 5.41) is 6.12. The van der Waals surface area contributed by atoms with Gasteiger partial charge in [-0.05, 0) is 19.1 Å². The first kappa shape index (κ1) is 14.0. The minimum absolute atomic E-state index is 0.155. The molecule has 1 aliphatic rings. The number of nitrogens with zero attached hydrogens (tertiary/aromatic N) is 3. The number of hydrogen-bond donors (Lipinski definition) is 2. The van der Waals surface area contributed by atoms with E-state index < -0.39 is 0 Å². The van der Waals surface area contributed by atoms with Crippen molar-refractivity contribution in [2.75, 3.05) is 36.4 Å². The molecule has 1 aliphatic heterocycles. The van der Waals surface area contributed by atoms with Crippen molar-refractivity contribution in [3.05, 3.63) is 34.4 Å². The third-order valence-corrected chi connectivity index (χ3v) is 4.35. The maximum atomic E-state index is 12.1. The summed E-state index contributed by atoms with van der Waals surface area (Å²) < 4.78 is 0. The topological polar surface area (TPSA) is 70.2 Å². The Balaban J connectivity index is 1.67. The van der Waals surface area contributed by atoms with E-state index in [-0.39, 0.29) is 5.91 Å². The smallest absolute Gasteiger partial charge is 0.268 e. The Morgan fingerprint density at radius 2 is 2.14 bits per heavy atom. The fourth-order valence-corrected chi connectivity index (χ4v) is 2.96. The normalized spacial score (nSPS) is 15.0. The first-order valence-corrected chi connectivity index (χ1v) is 7.75. The number of thiazole rings is 1. The molecule has 0 bridgehead atoms. The Kier molecular flexibility index (Phi) is 4.12. The van der Waals surface area contributed by atoms with Crippen LogP contribution < -0.4 is 15.5 Å². The summed E-state index contributed by atoms with van der Waals surface area (Å²) >= 11 is 1.34. The van der Waals surface area contributed by atoms with E-state index in [1.54, 1.807) is 11.7 Å². The largest absolute Gasteiger partial charge is 0.368 e. The van der Waals surface area contributed by atoms with Crippen LogP contribution in [0.4, 0.5) is 11.5 Å². The van der Waals surface area contributed by atoms with Gasteiger partial charge in [-0.3, -0.25) is 4.79 Å². The Bertz CT molecular complexity index is 619. The fourth-order valence-electron chi connectivity index (χ4n) is 2.26. The molecule has 0 saturated carbocycles. The van der Waals surface area contributed by atoms with Crippen LogP contribution in [-0.2, 0) is 0 Å². The quantitative estimate of drug-likeness (QED) is 0.899. The van der Waals surface area contributed by atoms with E-state index in [9.17, 15) is 4.79 Å². The summed E-state index contributed by atoms with van der Waals surface area (Å²) in [6.45, 7) is 5.76. The number of anilines is 2. The van der Waals surface area contributed by atoms with Crippen LogP contribution in [0.25, 0.3) is 0 Å². The minimum atomic E-state index is -0.155. The number of aryl methyl sites for hydroxylation is 1. The third kappa shape index (κ3) is 3.20. The van der Waals surface area contributed by atoms with Gasteiger partial charge in [0.1, 0.15) is 10.7 Å². The molecule has 0 radical (unpaired) electrons. The van der Waals surface area contributed by atoms with Crippen LogP contribution >= 0.6 is 11.3 Å². The predicted octanol–water partition coefficient (Wildman–Crippen LogP) is 1.51. The molecule has 0 atom stereocenters. The zero-order valence-corrected chi connectivity index (χ0v) is 12.6. The summed E-state index contributed by atoms with van der Waals surface area (Å²) in [7, 11) is 0. The summed E-state index contributed by atoms with van der Waals surface area (Å²) in [6, 6.07) is 3.83. The van der Waals surface area contributed by atoms with Gasteiger partial charge in [0.2, 0.25) is 0 Å². The summed E-state index contributed by atoms with van der Waals surface area (Å²) in [5.74, 6) is 0.407. The number of rotatable bonds is 3. The van der Waals surface area contributed by atoms with E-state index >= 15 is 0 Å². The van der Waals surface area contributed by atoms with E-state index in [2.05, 4.69) is 25.5 Å². The highest BCUT2D eigenvalue weighted by molar-refractivity contribution is 7.12. The number of nitrogens with one attached hydrogen (secondary N) is 2. The molecular formula is C14H17N5OS. The van der Waals surface area contributed by atoms with Gasteiger partial charge in [-0.1, -0.05) is 0 Å². The van der Waals surface area contributed by atoms with Crippen LogP contribution in [-0.4, -0.2) is 42.1 Å². The van der Waals surface area contributed by atoms with Crippen molar-refractivity contribution >= 4 is 28.7 Å². The molecule has 0 spiro atoms. The lowest BCUT2D eigenvalue weighted by molar-refractivity contribution is 0.102. The van der Waals surface area contributed by atoms with Crippen molar-refractivity contribution in [2.24, 2.45) is 0 Å². The minimum Gasteiger partial charge on any atom is -0.368 e. The van der Waals surface area contributed by atoms with E-state index in [1.165, 1.54) is 11.3 Å². The van der Waals surface area contributed by atoms with E-state index in [4.69, 9.17) is 0 Å². The fraction of sp³-hybridized carbons (Fsp3) is 0.357. The van der Waals surface area contributed by atoms with Crippen molar-refractivity contribution in [3.8, 4) is 0 Å². The molecule has 2 aromatic rings. The number of aromatic nitrogens is 2. The van der Waals surface area contributed by atoms with Gasteiger partial charge in [0.15, 0.2) is 0 Å². The maximum absolute atomic E-state index is 12.1. The standard InChI is InChI=1S/C14H17N5OS/c1-10-13(21-9-17-10)14(20)18-12-3-2-11(8-16-12)19-6-4-15-5-7-19/h2-3,8-9,15H,4-7H2,1H3,(H,16,18,20). The van der Waals surface area contributed by atoms with Gasteiger partial charge in [0.05, 0.1) is 23.1 Å². The molecule has 3 heterocycles. The Hall–Kier alpha value is -1.99. The summed E-state index contributed by atoms with van der Waals surface area (Å²) in [4.78, 5) is 23.4. The second kappa shape index (κ2) is 6.19. The van der Waals surface area contributed by atoms with Crippen LogP contribution in [0.2, 0.25) is 0 Å².